The first-order valence-corrected chi connectivity index (χ1v) is 1.91. The number of hydrogen-bond acceptors (Lipinski definition) is 2. The van der Waals surface area contributed by atoms with E-state index in [4.69, 9.17) is 4.79 Å². The van der Waals surface area contributed by atoms with Gasteiger partial charge in [0, 0.05) is 16.8 Å². The molecular weight excluding hydrogens is 151 g/mol. The van der Waals surface area contributed by atoms with Crippen molar-refractivity contribution in [1.82, 2.24) is 0 Å². The summed E-state index contributed by atoms with van der Waals surface area (Å²) < 4.78 is 0. The first kappa shape index (κ1) is 15.7. The van der Waals surface area contributed by atoms with Gasteiger partial charge in [0.1, 0.15) is 5.78 Å². The van der Waals surface area contributed by atoms with Crippen LogP contribution in [0.15, 0.2) is 0 Å². The summed E-state index contributed by atoms with van der Waals surface area (Å²) in [5.41, 5.74) is 0. The molecule has 0 aromatic heterocycles. The first-order valence-electron chi connectivity index (χ1n) is 1.91. The van der Waals surface area contributed by atoms with Crippen molar-refractivity contribution >= 4 is 12.1 Å². The van der Waals surface area contributed by atoms with E-state index in [2.05, 4.69) is 0 Å². The van der Waals surface area contributed by atoms with Crippen LogP contribution in [0.4, 0.5) is 0 Å². The molecule has 0 amide bonds. The van der Waals surface area contributed by atoms with Crippen LogP contribution in [0.25, 0.3) is 0 Å². The topological polar surface area (TPSA) is 34.1 Å². The molecule has 0 fully saturated rings. The van der Waals surface area contributed by atoms with Crippen LogP contribution in [0, 0.1) is 0 Å². The smallest absolute Gasteiger partial charge is 0.126 e. The van der Waals surface area contributed by atoms with Gasteiger partial charge in [0.25, 0.3) is 0 Å². The van der Waals surface area contributed by atoms with E-state index < -0.39 is 0 Å². The molecule has 0 N–H and O–H groups in total. The molecule has 0 aromatic rings. The molecule has 0 heterocycles. The second kappa shape index (κ2) is 15.8. The van der Waals surface area contributed by atoms with Gasteiger partial charge in [0.2, 0.25) is 0 Å². The van der Waals surface area contributed by atoms with E-state index in [1.54, 1.807) is 0 Å². The van der Waals surface area contributed by atoms with E-state index in [-0.39, 0.29) is 22.6 Å². The van der Waals surface area contributed by atoms with Crippen molar-refractivity contribution in [1.29, 1.82) is 0 Å². The fourth-order valence-corrected chi connectivity index (χ4v) is 0. The Hall–Kier alpha value is -0.154. The fraction of sp³-hybridized carbons (Fsp3) is 0.600. The maximum atomic E-state index is 9.44. The summed E-state index contributed by atoms with van der Waals surface area (Å²) >= 11 is 0. The second-order valence-corrected chi connectivity index (χ2v) is 1.11. The van der Waals surface area contributed by atoms with E-state index in [1.165, 1.54) is 27.1 Å². The Morgan fingerprint density at radius 2 is 1.38 bits per heavy atom. The average molecular weight is 160 g/mol. The number of carbonyl (C=O) groups is 1. The van der Waals surface area contributed by atoms with Gasteiger partial charge in [-0.3, -0.25) is 6.29 Å². The summed E-state index contributed by atoms with van der Waals surface area (Å²) in [5.74, 6) is 0.167. The van der Waals surface area contributed by atoms with Gasteiger partial charge >= 0.3 is 0 Å². The number of Topliss-reactive ketones (excluding diaryl/α,β-unsaturated/α-hetero) is 1. The predicted octanol–water partition coefficient (Wildman–Crippen LogP) is 0.709. The normalized spacial score (nSPS) is 4.88. The van der Waals surface area contributed by atoms with Crippen molar-refractivity contribution in [3.63, 3.8) is 0 Å². The van der Waals surface area contributed by atoms with Gasteiger partial charge < -0.3 is 9.59 Å². The summed E-state index contributed by atoms with van der Waals surface area (Å²) in [6, 6.07) is 0. The SMILES string of the molecule is CC(C)=O.C[C-]=O.[Co]. The van der Waals surface area contributed by atoms with Gasteiger partial charge in [-0.15, -0.1) is 0 Å². The van der Waals surface area contributed by atoms with Crippen molar-refractivity contribution in [2.45, 2.75) is 20.8 Å². The predicted molar refractivity (Wildman–Crippen MR) is 27.7 cm³/mol. The van der Waals surface area contributed by atoms with Crippen LogP contribution in [0.1, 0.15) is 20.8 Å². The van der Waals surface area contributed by atoms with Crippen LogP contribution in [0.3, 0.4) is 0 Å². The third kappa shape index (κ3) is 5830. The van der Waals surface area contributed by atoms with Crippen molar-refractivity contribution in [2.75, 3.05) is 0 Å². The molecule has 0 unspecified atom stereocenters. The van der Waals surface area contributed by atoms with Gasteiger partial charge in [0.15, 0.2) is 0 Å². The first-order chi connectivity index (χ1) is 3.15. The minimum atomic E-state index is 0. The molecule has 0 saturated heterocycles. The number of hydrogen-bond donors (Lipinski definition) is 0. The summed E-state index contributed by atoms with van der Waals surface area (Å²) in [6.45, 7) is 4.38. The molecule has 0 saturated carbocycles. The molecule has 0 atom stereocenters. The zero-order valence-electron chi connectivity index (χ0n) is 5.15. The van der Waals surface area contributed by atoms with Crippen molar-refractivity contribution < 1.29 is 26.4 Å². The third-order valence-electron chi connectivity index (χ3n) is 0. The molecule has 0 aliphatic heterocycles. The van der Waals surface area contributed by atoms with Crippen molar-refractivity contribution in [3.8, 4) is 0 Å². The van der Waals surface area contributed by atoms with Gasteiger partial charge in [-0.1, -0.05) is 0 Å². The molecule has 1 radical (unpaired) electrons. The zero-order valence-corrected chi connectivity index (χ0v) is 6.19. The summed E-state index contributed by atoms with van der Waals surface area (Å²) in [6.07, 6.45) is 1.50. The summed E-state index contributed by atoms with van der Waals surface area (Å²) in [4.78, 5) is 18.1. The molecule has 8 heavy (non-hydrogen) atoms. The molecule has 0 spiro atoms. The molecule has 0 aliphatic carbocycles. The molecular formula is C5H9CoO2-. The van der Waals surface area contributed by atoms with Gasteiger partial charge in [-0.05, 0) is 13.8 Å². The van der Waals surface area contributed by atoms with E-state index in [9.17, 15) is 4.79 Å². The molecule has 2 nitrogen and oxygen atoms in total. The second-order valence-electron chi connectivity index (χ2n) is 1.11. The molecule has 0 bridgehead atoms. The Balaban J connectivity index is -0.0000000575. The maximum absolute atomic E-state index is 9.44. The van der Waals surface area contributed by atoms with Crippen LogP contribution < -0.4 is 0 Å². The molecule has 0 rings (SSSR count). The zero-order chi connectivity index (χ0) is 6.28. The van der Waals surface area contributed by atoms with Crippen LogP contribution in [0.5, 0.6) is 0 Å². The minimum Gasteiger partial charge on any atom is -0.542 e. The number of ketones is 1. The van der Waals surface area contributed by atoms with E-state index in [0.717, 1.165) is 0 Å². The van der Waals surface area contributed by atoms with E-state index >= 15 is 0 Å². The Bertz CT molecular complexity index is 57.4. The molecule has 0 aliphatic rings. The van der Waals surface area contributed by atoms with Crippen LogP contribution >= 0.6 is 0 Å². The van der Waals surface area contributed by atoms with Crippen LogP contribution in [-0.2, 0) is 26.4 Å². The monoisotopic (exact) mass is 160 g/mol. The summed E-state index contributed by atoms with van der Waals surface area (Å²) in [5, 5.41) is 0. The molecule has 51 valence electrons. The Labute approximate surface area is 59.8 Å². The largest absolute Gasteiger partial charge is 0.542 e. The molecule has 3 heteroatoms. The third-order valence-corrected chi connectivity index (χ3v) is 0. The van der Waals surface area contributed by atoms with Crippen molar-refractivity contribution in [2.24, 2.45) is 0 Å². The number of rotatable bonds is 0. The standard InChI is InChI=1S/C3H6O.C2H3O.Co/c1-3(2)4;1-2-3;/h1-2H3;1H3;/q;-1;. The van der Waals surface area contributed by atoms with E-state index in [0.29, 0.717) is 0 Å². The van der Waals surface area contributed by atoms with E-state index in [1.807, 2.05) is 0 Å². The van der Waals surface area contributed by atoms with Gasteiger partial charge in [-0.2, -0.15) is 6.92 Å². The Kier molecular flexibility index (Phi) is 31.0. The average Bonchev–Trinajstić information content (AvgIpc) is 1.33. The Morgan fingerprint density at radius 1 is 1.38 bits per heavy atom. The maximum Gasteiger partial charge on any atom is 0.126 e. The molecule has 0 aromatic carbocycles. The Morgan fingerprint density at radius 3 is 1.38 bits per heavy atom. The van der Waals surface area contributed by atoms with Crippen molar-refractivity contribution in [3.05, 3.63) is 0 Å². The minimum absolute atomic E-state index is 0. The quantitative estimate of drug-likeness (QED) is 0.489. The van der Waals surface area contributed by atoms with Crippen LogP contribution in [0.2, 0.25) is 0 Å². The van der Waals surface area contributed by atoms with Gasteiger partial charge in [0.05, 0.1) is 0 Å². The summed E-state index contributed by atoms with van der Waals surface area (Å²) in [7, 11) is 0. The number of carbonyl (C=O) groups excluding carboxylic acids is 2. The fourth-order valence-electron chi connectivity index (χ4n) is 0. The van der Waals surface area contributed by atoms with Crippen LogP contribution in [-0.4, -0.2) is 12.1 Å². The van der Waals surface area contributed by atoms with Gasteiger partial charge in [-0.25, -0.2) is 0 Å².